The molecule has 0 N–H and O–H groups in total. The van der Waals surface area contributed by atoms with Crippen molar-refractivity contribution in [3.8, 4) is 28.1 Å². The standard InChI is InChI=1S/C14H14N2O2S/c1-4-18-11-6-5-10(7-12(11)17-3)14-16-9(2)13(8-15)19-14/h5-7H,4H2,1-3H3. The van der Waals surface area contributed by atoms with E-state index in [1.807, 2.05) is 32.0 Å². The van der Waals surface area contributed by atoms with Crippen molar-refractivity contribution in [2.45, 2.75) is 13.8 Å². The zero-order chi connectivity index (χ0) is 13.8. The number of methoxy groups -OCH3 is 1. The fourth-order valence-electron chi connectivity index (χ4n) is 1.70. The van der Waals surface area contributed by atoms with E-state index in [1.165, 1.54) is 11.3 Å². The molecule has 19 heavy (non-hydrogen) atoms. The molecule has 1 aromatic carbocycles. The fraction of sp³-hybridized carbons (Fsp3) is 0.286. The third kappa shape index (κ3) is 2.69. The number of nitrogens with zero attached hydrogens (tertiary/aromatic N) is 2. The Labute approximate surface area is 116 Å². The lowest BCUT2D eigenvalue weighted by Gasteiger charge is -2.09. The van der Waals surface area contributed by atoms with Crippen LogP contribution in [0.1, 0.15) is 17.5 Å². The minimum Gasteiger partial charge on any atom is -0.493 e. The van der Waals surface area contributed by atoms with Gasteiger partial charge in [-0.2, -0.15) is 5.26 Å². The Bertz CT molecular complexity index is 629. The molecule has 0 saturated carbocycles. The molecule has 0 bridgehead atoms. The van der Waals surface area contributed by atoms with Crippen LogP contribution >= 0.6 is 11.3 Å². The zero-order valence-electron chi connectivity index (χ0n) is 11.1. The number of thiazole rings is 1. The van der Waals surface area contributed by atoms with Crippen molar-refractivity contribution < 1.29 is 9.47 Å². The van der Waals surface area contributed by atoms with E-state index in [0.29, 0.717) is 23.0 Å². The number of aryl methyl sites for hydroxylation is 1. The van der Waals surface area contributed by atoms with Crippen LogP contribution in [0.15, 0.2) is 18.2 Å². The van der Waals surface area contributed by atoms with E-state index >= 15 is 0 Å². The van der Waals surface area contributed by atoms with Crippen molar-refractivity contribution >= 4 is 11.3 Å². The van der Waals surface area contributed by atoms with Gasteiger partial charge >= 0.3 is 0 Å². The van der Waals surface area contributed by atoms with Gasteiger partial charge in [-0.05, 0) is 32.0 Å². The molecule has 2 rings (SSSR count). The molecular formula is C14H14N2O2S. The Morgan fingerprint density at radius 3 is 2.74 bits per heavy atom. The quantitative estimate of drug-likeness (QED) is 0.857. The van der Waals surface area contributed by atoms with Gasteiger partial charge in [-0.25, -0.2) is 4.98 Å². The van der Waals surface area contributed by atoms with Crippen molar-refractivity contribution in [2.24, 2.45) is 0 Å². The summed E-state index contributed by atoms with van der Waals surface area (Å²) in [6.07, 6.45) is 0. The Hall–Kier alpha value is -2.06. The Morgan fingerprint density at radius 2 is 2.16 bits per heavy atom. The van der Waals surface area contributed by atoms with Crippen LogP contribution in [-0.4, -0.2) is 18.7 Å². The minimum atomic E-state index is 0.588. The molecule has 0 atom stereocenters. The first kappa shape index (κ1) is 13.4. The van der Waals surface area contributed by atoms with Gasteiger partial charge in [0.05, 0.1) is 19.4 Å². The van der Waals surface area contributed by atoms with Gasteiger partial charge in [0.2, 0.25) is 0 Å². The summed E-state index contributed by atoms with van der Waals surface area (Å²) in [7, 11) is 1.61. The van der Waals surface area contributed by atoms with Gasteiger partial charge in [-0.15, -0.1) is 11.3 Å². The first-order valence-electron chi connectivity index (χ1n) is 5.88. The number of nitriles is 1. The number of hydrogen-bond acceptors (Lipinski definition) is 5. The van der Waals surface area contributed by atoms with E-state index in [9.17, 15) is 0 Å². The lowest BCUT2D eigenvalue weighted by Crippen LogP contribution is -1.95. The SMILES string of the molecule is CCOc1ccc(-c2nc(C)c(C#N)s2)cc1OC. The van der Waals surface area contributed by atoms with E-state index in [-0.39, 0.29) is 0 Å². The van der Waals surface area contributed by atoms with Crippen LogP contribution in [0.5, 0.6) is 11.5 Å². The van der Waals surface area contributed by atoms with Crippen molar-refractivity contribution in [3.05, 3.63) is 28.8 Å². The summed E-state index contributed by atoms with van der Waals surface area (Å²) in [5, 5.41) is 9.78. The lowest BCUT2D eigenvalue weighted by atomic mass is 10.2. The molecule has 2 aromatic rings. The van der Waals surface area contributed by atoms with Crippen LogP contribution in [0.4, 0.5) is 0 Å². The van der Waals surface area contributed by atoms with E-state index < -0.39 is 0 Å². The van der Waals surface area contributed by atoms with E-state index in [4.69, 9.17) is 14.7 Å². The van der Waals surface area contributed by atoms with Crippen LogP contribution in [-0.2, 0) is 0 Å². The van der Waals surface area contributed by atoms with Crippen LogP contribution < -0.4 is 9.47 Å². The van der Waals surface area contributed by atoms with Crippen LogP contribution in [0.3, 0.4) is 0 Å². The second-order valence-electron chi connectivity index (χ2n) is 3.84. The fourth-order valence-corrected chi connectivity index (χ4v) is 2.56. The van der Waals surface area contributed by atoms with Crippen molar-refractivity contribution in [2.75, 3.05) is 13.7 Å². The van der Waals surface area contributed by atoms with E-state index in [0.717, 1.165) is 16.3 Å². The zero-order valence-corrected chi connectivity index (χ0v) is 11.9. The first-order chi connectivity index (χ1) is 9.19. The maximum Gasteiger partial charge on any atom is 0.161 e. The summed E-state index contributed by atoms with van der Waals surface area (Å²) in [5.41, 5.74) is 1.69. The molecular weight excluding hydrogens is 260 g/mol. The molecule has 0 fully saturated rings. The number of rotatable bonds is 4. The molecule has 98 valence electrons. The molecule has 5 heteroatoms. The molecule has 0 aliphatic carbocycles. The van der Waals surface area contributed by atoms with Gasteiger partial charge < -0.3 is 9.47 Å². The molecule has 0 spiro atoms. The summed E-state index contributed by atoms with van der Waals surface area (Å²) < 4.78 is 10.8. The molecule has 0 saturated heterocycles. The predicted octanol–water partition coefficient (Wildman–Crippen LogP) is 3.40. The summed E-state index contributed by atoms with van der Waals surface area (Å²) in [4.78, 5) is 5.04. The van der Waals surface area contributed by atoms with Gasteiger partial charge in [0, 0.05) is 5.56 Å². The van der Waals surface area contributed by atoms with Crippen LogP contribution in [0.25, 0.3) is 10.6 Å². The average molecular weight is 274 g/mol. The lowest BCUT2D eigenvalue weighted by molar-refractivity contribution is 0.311. The molecule has 1 aromatic heterocycles. The predicted molar refractivity (Wildman–Crippen MR) is 74.7 cm³/mol. The maximum atomic E-state index is 8.97. The third-order valence-electron chi connectivity index (χ3n) is 2.61. The van der Waals surface area contributed by atoms with Crippen molar-refractivity contribution in [1.82, 2.24) is 4.98 Å². The molecule has 4 nitrogen and oxygen atoms in total. The van der Waals surface area contributed by atoms with Gasteiger partial charge in [-0.3, -0.25) is 0 Å². The summed E-state index contributed by atoms with van der Waals surface area (Å²) in [6.45, 7) is 4.35. The number of benzene rings is 1. The maximum absolute atomic E-state index is 8.97. The summed E-state index contributed by atoms with van der Waals surface area (Å²) >= 11 is 1.38. The van der Waals surface area contributed by atoms with Gasteiger partial charge in [0.25, 0.3) is 0 Å². The normalized spacial score (nSPS) is 10.0. The van der Waals surface area contributed by atoms with Gasteiger partial charge in [0.15, 0.2) is 11.5 Å². The summed E-state index contributed by atoms with van der Waals surface area (Å²) in [5.74, 6) is 1.38. The van der Waals surface area contributed by atoms with Gasteiger partial charge in [-0.1, -0.05) is 0 Å². The molecule has 0 aliphatic heterocycles. The monoisotopic (exact) mass is 274 g/mol. The first-order valence-corrected chi connectivity index (χ1v) is 6.70. The Balaban J connectivity index is 2.42. The molecule has 0 aliphatic rings. The number of hydrogen-bond donors (Lipinski definition) is 0. The average Bonchev–Trinajstić information content (AvgIpc) is 2.80. The Morgan fingerprint density at radius 1 is 1.37 bits per heavy atom. The highest BCUT2D eigenvalue weighted by Gasteiger charge is 2.12. The molecule has 0 radical (unpaired) electrons. The highest BCUT2D eigenvalue weighted by atomic mass is 32.1. The Kier molecular flexibility index (Phi) is 4.03. The smallest absolute Gasteiger partial charge is 0.161 e. The van der Waals surface area contributed by atoms with Crippen molar-refractivity contribution in [1.29, 1.82) is 5.26 Å². The third-order valence-corrected chi connectivity index (χ3v) is 3.72. The largest absolute Gasteiger partial charge is 0.493 e. The molecule has 0 unspecified atom stereocenters. The number of aromatic nitrogens is 1. The topological polar surface area (TPSA) is 55.1 Å². The van der Waals surface area contributed by atoms with E-state index in [2.05, 4.69) is 11.1 Å². The highest BCUT2D eigenvalue weighted by Crippen LogP contribution is 2.34. The van der Waals surface area contributed by atoms with Crippen LogP contribution in [0.2, 0.25) is 0 Å². The highest BCUT2D eigenvalue weighted by molar-refractivity contribution is 7.15. The minimum absolute atomic E-state index is 0.588. The molecule has 0 amide bonds. The number of ether oxygens (including phenoxy) is 2. The second-order valence-corrected chi connectivity index (χ2v) is 4.84. The molecule has 1 heterocycles. The van der Waals surface area contributed by atoms with Crippen LogP contribution in [0, 0.1) is 18.3 Å². The second kappa shape index (κ2) is 5.72. The van der Waals surface area contributed by atoms with Gasteiger partial charge in [0.1, 0.15) is 16.0 Å². The summed E-state index contributed by atoms with van der Waals surface area (Å²) in [6, 6.07) is 7.81. The van der Waals surface area contributed by atoms with E-state index in [1.54, 1.807) is 7.11 Å². The van der Waals surface area contributed by atoms with Crippen molar-refractivity contribution in [3.63, 3.8) is 0 Å².